The lowest BCUT2D eigenvalue weighted by molar-refractivity contribution is -0.0716. The van der Waals surface area contributed by atoms with E-state index in [9.17, 15) is 13.2 Å². The minimum absolute atomic E-state index is 0.218. The fourth-order valence-electron chi connectivity index (χ4n) is 4.53. The van der Waals surface area contributed by atoms with E-state index in [2.05, 4.69) is 5.32 Å². The Morgan fingerprint density at radius 2 is 1.55 bits per heavy atom. The third kappa shape index (κ3) is 3.90. The molecule has 0 radical (unpaired) electrons. The van der Waals surface area contributed by atoms with Gasteiger partial charge in [0.2, 0.25) is 10.0 Å². The molecule has 1 saturated carbocycles. The van der Waals surface area contributed by atoms with Gasteiger partial charge in [0.1, 0.15) is 0 Å². The van der Waals surface area contributed by atoms with E-state index in [1.54, 1.807) is 24.3 Å². The van der Waals surface area contributed by atoms with Gasteiger partial charge in [0, 0.05) is 43.2 Å². The number of ether oxygens (including phenoxy) is 2. The van der Waals surface area contributed by atoms with Gasteiger partial charge < -0.3 is 14.8 Å². The molecule has 1 aliphatic carbocycles. The second kappa shape index (κ2) is 7.84. The highest BCUT2D eigenvalue weighted by atomic mass is 32.2. The average Bonchev–Trinajstić information content (AvgIpc) is 3.39. The van der Waals surface area contributed by atoms with E-state index < -0.39 is 15.8 Å². The molecule has 1 N–H and O–H groups in total. The van der Waals surface area contributed by atoms with Gasteiger partial charge in [-0.3, -0.25) is 4.79 Å². The number of rotatable bonds is 4. The summed E-state index contributed by atoms with van der Waals surface area (Å²) in [5.74, 6) is 0.493. The van der Waals surface area contributed by atoms with Crippen molar-refractivity contribution in [3.05, 3.63) is 48.0 Å². The van der Waals surface area contributed by atoms with Gasteiger partial charge in [-0.15, -0.1) is 0 Å². The number of hydrogen-bond donors (Lipinski definition) is 1. The Kier molecular flexibility index (Phi) is 5.14. The minimum atomic E-state index is -3.51. The van der Waals surface area contributed by atoms with E-state index in [1.807, 2.05) is 6.07 Å². The number of carbonyl (C=O) groups excluding carboxylic acids is 1. The zero-order chi connectivity index (χ0) is 21.5. The highest BCUT2D eigenvalue weighted by Gasteiger charge is 2.44. The molecule has 3 aliphatic rings. The van der Waals surface area contributed by atoms with Crippen molar-refractivity contribution in [2.45, 2.75) is 55.6 Å². The Bertz CT molecular complexity index is 1090. The molecule has 1 amide bonds. The molecular weight excluding hydrogens is 416 g/mol. The van der Waals surface area contributed by atoms with Crippen LogP contribution in [0.1, 0.15) is 55.3 Å². The highest BCUT2D eigenvalue weighted by Crippen LogP contribution is 2.47. The number of carbonyl (C=O) groups is 1. The maximum Gasteiger partial charge on any atom is 0.255 e. The zero-order valence-corrected chi connectivity index (χ0v) is 18.1. The van der Waals surface area contributed by atoms with Gasteiger partial charge in [0.15, 0.2) is 11.5 Å². The first-order valence-corrected chi connectivity index (χ1v) is 12.3. The van der Waals surface area contributed by atoms with Gasteiger partial charge >= 0.3 is 0 Å². The SMILES string of the molecule is O=C(Nc1ccc2c(c1)OC1(CCCC1)O2)c1ccc(S(=O)(=O)N2CCCCC2)cc1. The number of hydrogen-bond acceptors (Lipinski definition) is 5. The van der Waals surface area contributed by atoms with Crippen LogP contribution in [0.5, 0.6) is 11.5 Å². The summed E-state index contributed by atoms with van der Waals surface area (Å²) in [7, 11) is -3.51. The molecule has 164 valence electrons. The first-order valence-electron chi connectivity index (χ1n) is 10.9. The van der Waals surface area contributed by atoms with Crippen LogP contribution >= 0.6 is 0 Å². The summed E-state index contributed by atoms with van der Waals surface area (Å²) in [4.78, 5) is 12.9. The van der Waals surface area contributed by atoms with E-state index in [-0.39, 0.29) is 10.8 Å². The standard InChI is InChI=1S/C23H26N2O5S/c26-22(17-6-9-19(10-7-17)31(27,28)25-14-4-1-5-15-25)24-18-8-11-20-21(16-18)30-23(29-20)12-2-3-13-23/h6-11,16H,1-5,12-15H2,(H,24,26). The fraction of sp³-hybridized carbons (Fsp3) is 0.435. The molecule has 2 fully saturated rings. The summed E-state index contributed by atoms with van der Waals surface area (Å²) in [6.07, 6.45) is 6.74. The van der Waals surface area contributed by atoms with Crippen LogP contribution in [0, 0.1) is 0 Å². The molecule has 1 spiro atoms. The van der Waals surface area contributed by atoms with Gasteiger partial charge in [-0.05, 0) is 62.1 Å². The second-order valence-corrected chi connectivity index (χ2v) is 10.4. The zero-order valence-electron chi connectivity index (χ0n) is 17.3. The quantitative estimate of drug-likeness (QED) is 0.769. The summed E-state index contributed by atoms with van der Waals surface area (Å²) < 4.78 is 39.1. The van der Waals surface area contributed by atoms with E-state index in [4.69, 9.17) is 9.47 Å². The van der Waals surface area contributed by atoms with Crippen LogP contribution in [0.3, 0.4) is 0 Å². The molecule has 0 unspecified atom stereocenters. The van der Waals surface area contributed by atoms with Gasteiger partial charge in [-0.2, -0.15) is 4.31 Å². The molecule has 31 heavy (non-hydrogen) atoms. The Labute approximate surface area is 182 Å². The molecule has 0 aromatic heterocycles. The largest absolute Gasteiger partial charge is 0.448 e. The molecule has 2 aromatic rings. The van der Waals surface area contributed by atoms with Crippen molar-refractivity contribution in [1.82, 2.24) is 4.31 Å². The predicted molar refractivity (Wildman–Crippen MR) is 116 cm³/mol. The normalized spacial score (nSPS) is 20.1. The van der Waals surface area contributed by atoms with Crippen LogP contribution in [0.4, 0.5) is 5.69 Å². The first-order chi connectivity index (χ1) is 15.0. The van der Waals surface area contributed by atoms with Crippen LogP contribution < -0.4 is 14.8 Å². The molecule has 0 bridgehead atoms. The molecule has 2 heterocycles. The lowest BCUT2D eigenvalue weighted by Gasteiger charge is -2.25. The van der Waals surface area contributed by atoms with Gasteiger partial charge in [-0.25, -0.2) is 8.42 Å². The van der Waals surface area contributed by atoms with Gasteiger partial charge in [0.25, 0.3) is 11.7 Å². The third-order valence-electron chi connectivity index (χ3n) is 6.23. The first kappa shape index (κ1) is 20.3. The Balaban J connectivity index is 1.27. The van der Waals surface area contributed by atoms with Crippen molar-refractivity contribution in [2.75, 3.05) is 18.4 Å². The number of nitrogens with zero attached hydrogens (tertiary/aromatic N) is 1. The number of amides is 1. The highest BCUT2D eigenvalue weighted by molar-refractivity contribution is 7.89. The molecular formula is C23H26N2O5S. The molecule has 0 atom stereocenters. The van der Waals surface area contributed by atoms with Gasteiger partial charge in [0.05, 0.1) is 4.90 Å². The van der Waals surface area contributed by atoms with E-state index in [0.717, 1.165) is 44.9 Å². The van der Waals surface area contributed by atoms with Gasteiger partial charge in [-0.1, -0.05) is 6.42 Å². The van der Waals surface area contributed by atoms with Crippen LogP contribution in [0.15, 0.2) is 47.4 Å². The maximum absolute atomic E-state index is 12.8. The summed E-state index contributed by atoms with van der Waals surface area (Å²) in [6.45, 7) is 1.10. The van der Waals surface area contributed by atoms with Crippen molar-refractivity contribution in [3.8, 4) is 11.5 Å². The summed E-state index contributed by atoms with van der Waals surface area (Å²) >= 11 is 0. The lowest BCUT2D eigenvalue weighted by atomic mass is 10.2. The van der Waals surface area contributed by atoms with E-state index in [1.165, 1.54) is 16.4 Å². The number of fused-ring (bicyclic) bond motifs is 1. The number of anilines is 1. The summed E-state index contributed by atoms with van der Waals surface area (Å²) in [5, 5.41) is 2.85. The smallest absolute Gasteiger partial charge is 0.255 e. The summed E-state index contributed by atoms with van der Waals surface area (Å²) in [5.41, 5.74) is 0.995. The Hall–Kier alpha value is -2.58. The fourth-order valence-corrected chi connectivity index (χ4v) is 6.04. The number of piperidine rings is 1. The monoisotopic (exact) mass is 442 g/mol. The molecule has 1 saturated heterocycles. The molecule has 7 nitrogen and oxygen atoms in total. The molecule has 2 aliphatic heterocycles. The Morgan fingerprint density at radius 3 is 2.26 bits per heavy atom. The van der Waals surface area contributed by atoms with Crippen molar-refractivity contribution >= 4 is 21.6 Å². The number of nitrogens with one attached hydrogen (secondary N) is 1. The predicted octanol–water partition coefficient (Wildman–Crippen LogP) is 4.16. The van der Waals surface area contributed by atoms with Crippen molar-refractivity contribution < 1.29 is 22.7 Å². The van der Waals surface area contributed by atoms with Crippen molar-refractivity contribution in [2.24, 2.45) is 0 Å². The van der Waals surface area contributed by atoms with E-state index in [0.29, 0.717) is 35.8 Å². The Morgan fingerprint density at radius 1 is 0.871 bits per heavy atom. The van der Waals surface area contributed by atoms with Crippen LogP contribution in [0.2, 0.25) is 0 Å². The number of benzene rings is 2. The topological polar surface area (TPSA) is 84.9 Å². The van der Waals surface area contributed by atoms with Crippen molar-refractivity contribution in [1.29, 1.82) is 0 Å². The van der Waals surface area contributed by atoms with Crippen molar-refractivity contribution in [3.63, 3.8) is 0 Å². The van der Waals surface area contributed by atoms with Crippen LogP contribution in [0.25, 0.3) is 0 Å². The minimum Gasteiger partial charge on any atom is -0.448 e. The second-order valence-electron chi connectivity index (χ2n) is 8.43. The van der Waals surface area contributed by atoms with Crippen LogP contribution in [-0.2, 0) is 10.0 Å². The average molecular weight is 443 g/mol. The number of sulfonamides is 1. The van der Waals surface area contributed by atoms with Crippen LogP contribution in [-0.4, -0.2) is 37.5 Å². The molecule has 5 rings (SSSR count). The maximum atomic E-state index is 12.8. The third-order valence-corrected chi connectivity index (χ3v) is 8.14. The summed E-state index contributed by atoms with van der Waals surface area (Å²) in [6, 6.07) is 11.5. The lowest BCUT2D eigenvalue weighted by Crippen LogP contribution is -2.35. The molecule has 2 aromatic carbocycles. The van der Waals surface area contributed by atoms with E-state index >= 15 is 0 Å². The molecule has 8 heteroatoms.